The number of rotatable bonds is 13. The van der Waals surface area contributed by atoms with Gasteiger partial charge < -0.3 is 24.1 Å². The van der Waals surface area contributed by atoms with Crippen LogP contribution >= 0.6 is 0 Å². The first-order chi connectivity index (χ1) is 11.7. The Kier molecular flexibility index (Phi) is 11.8. The molecule has 0 spiro atoms. The van der Waals surface area contributed by atoms with E-state index in [1.807, 2.05) is 0 Å². The zero-order valence-corrected chi connectivity index (χ0v) is 15.4. The standard InChI is InChI=1S/C18H35FO5/c1-4-7-10-21-15-14(13-19)24-18(20)17(23-12-9-6-3)16(15)22-11-8-5-2/h14-18,20H,4-13H2,1-3H3/t14?,15-,16?,17?,18-/m0/s1. The second kappa shape index (κ2) is 13.0. The summed E-state index contributed by atoms with van der Waals surface area (Å²) >= 11 is 0. The summed E-state index contributed by atoms with van der Waals surface area (Å²) in [7, 11) is 0. The predicted molar refractivity (Wildman–Crippen MR) is 90.8 cm³/mol. The van der Waals surface area contributed by atoms with Gasteiger partial charge in [-0.05, 0) is 19.3 Å². The summed E-state index contributed by atoms with van der Waals surface area (Å²) in [6, 6.07) is 0. The van der Waals surface area contributed by atoms with Gasteiger partial charge in [0.25, 0.3) is 0 Å². The molecule has 3 unspecified atom stereocenters. The zero-order chi connectivity index (χ0) is 17.8. The molecule has 0 aromatic heterocycles. The van der Waals surface area contributed by atoms with Gasteiger partial charge in [0, 0.05) is 19.8 Å². The van der Waals surface area contributed by atoms with Crippen molar-refractivity contribution < 1.29 is 28.4 Å². The molecule has 0 aromatic rings. The lowest BCUT2D eigenvalue weighted by Crippen LogP contribution is -2.61. The van der Waals surface area contributed by atoms with E-state index in [2.05, 4.69) is 20.8 Å². The first-order valence-corrected chi connectivity index (χ1v) is 9.43. The van der Waals surface area contributed by atoms with E-state index in [1.165, 1.54) is 0 Å². The van der Waals surface area contributed by atoms with E-state index in [-0.39, 0.29) is 0 Å². The van der Waals surface area contributed by atoms with E-state index < -0.39 is 37.4 Å². The van der Waals surface area contributed by atoms with Gasteiger partial charge in [0.15, 0.2) is 6.29 Å². The van der Waals surface area contributed by atoms with Crippen LogP contribution in [0.4, 0.5) is 4.39 Å². The minimum absolute atomic E-state index is 0.511. The molecule has 6 heteroatoms. The summed E-state index contributed by atoms with van der Waals surface area (Å²) < 4.78 is 36.4. The molecule has 1 heterocycles. The topological polar surface area (TPSA) is 57.2 Å². The maximum Gasteiger partial charge on any atom is 0.184 e. The van der Waals surface area contributed by atoms with E-state index in [9.17, 15) is 9.50 Å². The van der Waals surface area contributed by atoms with Crippen molar-refractivity contribution in [2.75, 3.05) is 26.5 Å². The Balaban J connectivity index is 2.79. The quantitative estimate of drug-likeness (QED) is 0.517. The Morgan fingerprint density at radius 3 is 1.71 bits per heavy atom. The van der Waals surface area contributed by atoms with Crippen LogP contribution < -0.4 is 0 Å². The summed E-state index contributed by atoms with van der Waals surface area (Å²) in [4.78, 5) is 0. The number of alkyl halides is 1. The Bertz CT molecular complexity index is 305. The van der Waals surface area contributed by atoms with Crippen molar-refractivity contribution in [2.45, 2.75) is 90.0 Å². The number of ether oxygens (including phenoxy) is 4. The summed E-state index contributed by atoms with van der Waals surface area (Å²) in [5.41, 5.74) is 0. The molecular formula is C18H35FO5. The summed E-state index contributed by atoms with van der Waals surface area (Å²) in [6.07, 6.45) is 1.92. The van der Waals surface area contributed by atoms with Crippen molar-refractivity contribution in [2.24, 2.45) is 0 Å². The van der Waals surface area contributed by atoms with Crippen LogP contribution in [-0.2, 0) is 18.9 Å². The average Bonchev–Trinajstić information content (AvgIpc) is 2.58. The molecule has 5 nitrogen and oxygen atoms in total. The average molecular weight is 350 g/mol. The molecular weight excluding hydrogens is 315 g/mol. The first-order valence-electron chi connectivity index (χ1n) is 9.43. The van der Waals surface area contributed by atoms with Crippen LogP contribution in [0, 0.1) is 0 Å². The van der Waals surface area contributed by atoms with Crippen LogP contribution in [0.15, 0.2) is 0 Å². The Labute approximate surface area is 145 Å². The molecule has 0 aliphatic carbocycles. The third-order valence-electron chi connectivity index (χ3n) is 4.19. The molecule has 1 N–H and O–H groups in total. The maximum absolute atomic E-state index is 13.4. The number of halogens is 1. The number of hydrogen-bond acceptors (Lipinski definition) is 5. The molecule has 1 aliphatic rings. The largest absolute Gasteiger partial charge is 0.373 e. The molecule has 24 heavy (non-hydrogen) atoms. The lowest BCUT2D eigenvalue weighted by atomic mass is 9.98. The highest BCUT2D eigenvalue weighted by Crippen LogP contribution is 2.28. The fourth-order valence-electron chi connectivity index (χ4n) is 2.68. The Morgan fingerprint density at radius 2 is 1.25 bits per heavy atom. The molecule has 0 aromatic carbocycles. The van der Waals surface area contributed by atoms with Crippen molar-refractivity contribution in [3.8, 4) is 0 Å². The molecule has 0 saturated carbocycles. The zero-order valence-electron chi connectivity index (χ0n) is 15.4. The molecule has 0 amide bonds. The first kappa shape index (κ1) is 21.8. The number of hydrogen-bond donors (Lipinski definition) is 1. The lowest BCUT2D eigenvalue weighted by Gasteiger charge is -2.43. The second-order valence-corrected chi connectivity index (χ2v) is 6.29. The lowest BCUT2D eigenvalue weighted by molar-refractivity contribution is -0.308. The van der Waals surface area contributed by atoms with Crippen LogP contribution in [0.2, 0.25) is 0 Å². The Morgan fingerprint density at radius 1 is 0.792 bits per heavy atom. The van der Waals surface area contributed by atoms with Crippen LogP contribution in [0.3, 0.4) is 0 Å². The van der Waals surface area contributed by atoms with Crippen molar-refractivity contribution in [3.05, 3.63) is 0 Å². The third-order valence-corrected chi connectivity index (χ3v) is 4.19. The maximum atomic E-state index is 13.4. The highest BCUT2D eigenvalue weighted by Gasteiger charge is 2.47. The van der Waals surface area contributed by atoms with Crippen LogP contribution in [0.1, 0.15) is 59.3 Å². The molecule has 5 atom stereocenters. The van der Waals surface area contributed by atoms with Gasteiger partial charge in [-0.1, -0.05) is 40.0 Å². The van der Waals surface area contributed by atoms with Gasteiger partial charge in [0.1, 0.15) is 31.1 Å². The number of aliphatic hydroxyl groups excluding tert-OH is 1. The van der Waals surface area contributed by atoms with E-state index in [1.54, 1.807) is 0 Å². The summed E-state index contributed by atoms with van der Waals surface area (Å²) in [5.74, 6) is 0. The monoisotopic (exact) mass is 350 g/mol. The molecule has 0 radical (unpaired) electrons. The fraction of sp³-hybridized carbons (Fsp3) is 1.00. The van der Waals surface area contributed by atoms with Crippen molar-refractivity contribution >= 4 is 0 Å². The molecule has 0 bridgehead atoms. The third kappa shape index (κ3) is 6.92. The van der Waals surface area contributed by atoms with Gasteiger partial charge in [0.05, 0.1) is 0 Å². The molecule has 144 valence electrons. The van der Waals surface area contributed by atoms with Gasteiger partial charge in [-0.15, -0.1) is 0 Å². The Hall–Kier alpha value is -0.270. The van der Waals surface area contributed by atoms with Gasteiger partial charge in [0.2, 0.25) is 0 Å². The number of aliphatic hydroxyl groups is 1. The number of unbranched alkanes of at least 4 members (excludes halogenated alkanes) is 3. The van der Waals surface area contributed by atoms with Gasteiger partial charge in [-0.2, -0.15) is 0 Å². The molecule has 1 fully saturated rings. The SMILES string of the molecule is CCCCOC1C(OCCCC)[C@@H](O)OC(CF)[C@@H]1OCCCC. The van der Waals surface area contributed by atoms with Crippen LogP contribution in [0.5, 0.6) is 0 Å². The predicted octanol–water partition coefficient (Wildman–Crippen LogP) is 3.23. The minimum Gasteiger partial charge on any atom is -0.373 e. The van der Waals surface area contributed by atoms with Gasteiger partial charge in [-0.25, -0.2) is 4.39 Å². The molecule has 1 aliphatic heterocycles. The van der Waals surface area contributed by atoms with Gasteiger partial charge >= 0.3 is 0 Å². The van der Waals surface area contributed by atoms with Crippen LogP contribution in [-0.4, -0.2) is 62.3 Å². The smallest absolute Gasteiger partial charge is 0.184 e. The van der Waals surface area contributed by atoms with E-state index in [4.69, 9.17) is 18.9 Å². The summed E-state index contributed by atoms with van der Waals surface area (Å²) in [5, 5.41) is 10.2. The second-order valence-electron chi connectivity index (χ2n) is 6.29. The normalized spacial score (nSPS) is 30.6. The van der Waals surface area contributed by atoms with Gasteiger partial charge in [-0.3, -0.25) is 0 Å². The highest BCUT2D eigenvalue weighted by molar-refractivity contribution is 4.92. The van der Waals surface area contributed by atoms with E-state index >= 15 is 0 Å². The van der Waals surface area contributed by atoms with Crippen LogP contribution in [0.25, 0.3) is 0 Å². The van der Waals surface area contributed by atoms with E-state index in [0.717, 1.165) is 38.5 Å². The van der Waals surface area contributed by atoms with Crippen molar-refractivity contribution in [1.29, 1.82) is 0 Å². The summed E-state index contributed by atoms with van der Waals surface area (Å²) in [6.45, 7) is 7.07. The fourth-order valence-corrected chi connectivity index (χ4v) is 2.68. The minimum atomic E-state index is -1.19. The van der Waals surface area contributed by atoms with E-state index in [0.29, 0.717) is 19.8 Å². The van der Waals surface area contributed by atoms with Crippen molar-refractivity contribution in [1.82, 2.24) is 0 Å². The molecule has 1 saturated heterocycles. The highest BCUT2D eigenvalue weighted by atomic mass is 19.1. The molecule has 1 rings (SSSR count). The van der Waals surface area contributed by atoms with Crippen molar-refractivity contribution in [3.63, 3.8) is 0 Å².